The third-order valence-electron chi connectivity index (χ3n) is 23.2. The van der Waals surface area contributed by atoms with E-state index in [1.54, 1.807) is 26.0 Å². The van der Waals surface area contributed by atoms with E-state index in [4.69, 9.17) is 4.74 Å². The Balaban J connectivity index is 0.000000191. The van der Waals surface area contributed by atoms with E-state index in [1.165, 1.54) is 18.6 Å². The normalized spacial score (nSPS) is 20.8. The Labute approximate surface area is 725 Å². The summed E-state index contributed by atoms with van der Waals surface area (Å²) in [6.45, 7) is 17.6. The minimum atomic E-state index is -4.70. The first-order chi connectivity index (χ1) is 58.9. The van der Waals surface area contributed by atoms with Crippen LogP contribution in [0, 0.1) is 59.9 Å². The van der Waals surface area contributed by atoms with Crippen molar-refractivity contribution in [3.8, 4) is 18.0 Å². The smallest absolute Gasteiger partial charge is 0.421 e. The summed E-state index contributed by atoms with van der Waals surface area (Å²) in [5.41, 5.74) is -2.98. The number of aliphatic hydroxyl groups is 4. The summed E-state index contributed by atoms with van der Waals surface area (Å²) in [7, 11) is 0. The second kappa shape index (κ2) is 40.1. The molecule has 27 nitrogen and oxygen atoms in total. The van der Waals surface area contributed by atoms with Crippen LogP contribution in [0.2, 0.25) is 0 Å². The Morgan fingerprint density at radius 3 is 1.17 bits per heavy atom. The number of halogens is 14. The van der Waals surface area contributed by atoms with Gasteiger partial charge in [-0.15, -0.1) is 0 Å². The fourth-order valence-corrected chi connectivity index (χ4v) is 15.5. The van der Waals surface area contributed by atoms with Crippen LogP contribution in [-0.4, -0.2) is 126 Å². The van der Waals surface area contributed by atoms with E-state index in [1.807, 2.05) is 41.5 Å². The standard InChI is InChI=1S/C22H27F5N4O2.C22H28F2N6O2.C22H27F2N5O2.C20H23F5N4O2/c1-20(2)10-14(5-6-17(20)32)29-19-16(22(25,26)27)11-28-18(30-19)7-4-13-12-31(33)9-8-15(13)21(3,23)24;1-21(2)9-16(6-7-17(21)31)29-18-15(10-25)12-28-20(30-18)27-11-14-5-4-8-26-19(14)32-13-22(3,23)24;1-21(2)10-16(5-6-18(21)30)27-20-15(11-25)12-26-19(28-20)7-4-14-13-29(31)9-8-17(14)22(3,23)24;1-18(2)14(8-15(18)30)27-17-13(20(23,24)25)9-26-16(28-17)5-4-11-10-29(31)7-6-12(11)19(3,21)22/h8-9,11-12,14,17,32H,4-7,10H2,1-3H3,(H,28,29,30);4-5,8,12,16-17,31H,6-7,9,11,13H2,1-3H3,(H2,27,28,29,30);8-9,12-13,16,18,30H,4-7,10H2,1-3H3,(H,26,27,28);6-7,9-10,14-15,30H,4-5,8H2,1-3H3,(H,26,27,28)/t14-,17+;16-,17+;16-,18+;14-,15+/m1111/s1. The summed E-state index contributed by atoms with van der Waals surface area (Å²) in [5, 5.41) is 109. The summed E-state index contributed by atoms with van der Waals surface area (Å²) in [5.74, 6) is -11.6. The van der Waals surface area contributed by atoms with Crippen molar-refractivity contribution in [1.82, 2.24) is 44.9 Å². The number of nitriles is 2. The lowest BCUT2D eigenvalue weighted by Crippen LogP contribution is -2.57. The lowest BCUT2D eigenvalue weighted by molar-refractivity contribution is -0.606. The molecule has 0 spiro atoms. The zero-order valence-corrected chi connectivity index (χ0v) is 72.1. The molecular formula is C86H105F14N19O8. The van der Waals surface area contributed by atoms with E-state index in [-0.39, 0.29) is 155 Å². The van der Waals surface area contributed by atoms with Crippen molar-refractivity contribution in [2.45, 2.75) is 277 Å². The molecule has 4 aliphatic rings. The van der Waals surface area contributed by atoms with Crippen LogP contribution in [0.15, 0.2) is 98.5 Å². The number of nitrogens with zero attached hydrogens (tertiary/aromatic N) is 14. The van der Waals surface area contributed by atoms with Crippen LogP contribution in [0.1, 0.15) is 226 Å². The summed E-state index contributed by atoms with van der Waals surface area (Å²) in [6, 6.07) is 10.1. The molecule has 0 aromatic carbocycles. The van der Waals surface area contributed by atoms with Crippen molar-refractivity contribution in [3.05, 3.63) is 193 Å². The topological polar surface area (TPSA) is 395 Å². The Morgan fingerprint density at radius 2 is 0.811 bits per heavy atom. The van der Waals surface area contributed by atoms with Gasteiger partial charge in [0, 0.05) is 159 Å². The lowest BCUT2D eigenvalue weighted by Gasteiger charge is -2.49. The molecule has 0 saturated heterocycles. The predicted octanol–water partition coefficient (Wildman–Crippen LogP) is 14.9. The molecule has 0 bridgehead atoms. The zero-order valence-electron chi connectivity index (χ0n) is 72.1. The number of alkyl halides is 14. The highest BCUT2D eigenvalue weighted by atomic mass is 19.4. The molecule has 0 radical (unpaired) electrons. The number of ether oxygens (including phenoxy) is 1. The number of aliphatic hydroxyl groups excluding tert-OH is 4. The number of hydrogen-bond acceptors (Lipinski definition) is 24. The average molecular weight is 1800 g/mol. The van der Waals surface area contributed by atoms with Crippen LogP contribution < -0.4 is 45.5 Å². The molecule has 690 valence electrons. The van der Waals surface area contributed by atoms with E-state index in [0.717, 1.165) is 94.9 Å². The Hall–Kier alpha value is -11.0. The Kier molecular flexibility index (Phi) is 31.5. The highest BCUT2D eigenvalue weighted by Crippen LogP contribution is 2.46. The van der Waals surface area contributed by atoms with E-state index in [2.05, 4.69) is 83.6 Å². The maximum atomic E-state index is 13.9. The van der Waals surface area contributed by atoms with Crippen molar-refractivity contribution in [2.75, 3.05) is 33.2 Å². The second-order valence-corrected chi connectivity index (χ2v) is 35.5. The van der Waals surface area contributed by atoms with Gasteiger partial charge in [-0.05, 0) is 106 Å². The molecule has 8 atom stereocenters. The molecule has 127 heavy (non-hydrogen) atoms. The molecule has 9 N–H and O–H groups in total. The van der Waals surface area contributed by atoms with Crippen LogP contribution in [0.4, 0.5) is 90.7 Å². The second-order valence-electron chi connectivity index (χ2n) is 35.5. The maximum Gasteiger partial charge on any atom is 0.421 e. The van der Waals surface area contributed by atoms with Crippen LogP contribution in [0.5, 0.6) is 5.88 Å². The van der Waals surface area contributed by atoms with E-state index in [9.17, 15) is 108 Å². The molecule has 0 unspecified atom stereocenters. The highest BCUT2D eigenvalue weighted by molar-refractivity contribution is 5.55. The number of aromatic nitrogens is 12. The van der Waals surface area contributed by atoms with Crippen molar-refractivity contribution >= 4 is 29.2 Å². The first-order valence-electron chi connectivity index (χ1n) is 41.1. The van der Waals surface area contributed by atoms with Crippen molar-refractivity contribution in [2.24, 2.45) is 21.7 Å². The van der Waals surface area contributed by atoms with Gasteiger partial charge < -0.3 is 67.4 Å². The minimum absolute atomic E-state index is 0.0137. The number of rotatable bonds is 26. The van der Waals surface area contributed by atoms with Gasteiger partial charge in [-0.3, -0.25) is 0 Å². The average Bonchev–Trinajstić information content (AvgIpc) is 0.762. The quantitative estimate of drug-likeness (QED) is 0.0138. The molecule has 0 aliphatic heterocycles. The minimum Gasteiger partial charge on any atom is -0.619 e. The first kappa shape index (κ1) is 99.7. The Morgan fingerprint density at radius 1 is 0.449 bits per heavy atom. The van der Waals surface area contributed by atoms with Crippen LogP contribution >= 0.6 is 0 Å². The third-order valence-corrected chi connectivity index (χ3v) is 23.2. The SMILES string of the molecule is CC(F)(F)COc1ncccc1CNc1ncc(C#N)c(N[C@@H]2CC[C@H](O)C(C)(C)C2)n1.CC(F)(F)c1cc[n+]([O-])cc1CCc1ncc(C#N)c(N[C@@H]2CC[C@H](O)C(C)(C)C2)n1.CC(F)(F)c1cc[n+]([O-])cc1CCc1ncc(C(F)(F)F)c(N[C@@H]2CC[C@H](O)C(C)(C)C2)n1.CC(F)(F)c1cc[n+]([O-])cc1CCc1ncc(C(F)(F)F)c(N[C@@H]2C[C@H](O)C2(C)C)n1. The zero-order chi connectivity index (χ0) is 94.0. The predicted molar refractivity (Wildman–Crippen MR) is 437 cm³/mol. The van der Waals surface area contributed by atoms with Crippen LogP contribution in [-0.2, 0) is 75.2 Å². The first-order valence-corrected chi connectivity index (χ1v) is 41.1. The summed E-state index contributed by atoms with van der Waals surface area (Å²) in [6.07, 6.45) is 6.67. The molecule has 8 aromatic rings. The fourth-order valence-electron chi connectivity index (χ4n) is 15.5. The van der Waals surface area contributed by atoms with Gasteiger partial charge in [-0.25, -0.2) is 75.0 Å². The molecule has 12 rings (SSSR count). The molecule has 41 heteroatoms. The largest absolute Gasteiger partial charge is 0.619 e. The molecule has 4 aliphatic carbocycles. The summed E-state index contributed by atoms with van der Waals surface area (Å²) >= 11 is 0. The van der Waals surface area contributed by atoms with Gasteiger partial charge in [-0.2, -0.15) is 56.0 Å². The third kappa shape index (κ3) is 27.5. The highest BCUT2D eigenvalue weighted by Gasteiger charge is 2.49. The number of pyridine rings is 4. The fraction of sp³-hybridized carbons (Fsp3) is 0.558. The van der Waals surface area contributed by atoms with Gasteiger partial charge >= 0.3 is 12.4 Å². The van der Waals surface area contributed by atoms with E-state index in [0.29, 0.717) is 107 Å². The van der Waals surface area contributed by atoms with E-state index < -0.39 is 88.7 Å². The van der Waals surface area contributed by atoms with Gasteiger partial charge in [0.25, 0.3) is 23.7 Å². The monoisotopic (exact) mass is 1800 g/mol. The van der Waals surface area contributed by atoms with E-state index >= 15 is 0 Å². The van der Waals surface area contributed by atoms with Crippen molar-refractivity contribution < 1.29 is 101 Å². The van der Waals surface area contributed by atoms with Gasteiger partial charge in [-0.1, -0.05) is 61.5 Å². The van der Waals surface area contributed by atoms with Gasteiger partial charge in [0.2, 0.25) is 11.8 Å². The van der Waals surface area contributed by atoms with Crippen LogP contribution in [0.3, 0.4) is 0 Å². The molecule has 0 amide bonds. The summed E-state index contributed by atoms with van der Waals surface area (Å²) in [4.78, 5) is 36.8. The Bertz CT molecular complexity index is 5170. The van der Waals surface area contributed by atoms with Crippen molar-refractivity contribution in [1.29, 1.82) is 10.5 Å². The van der Waals surface area contributed by atoms with Gasteiger partial charge in [0.15, 0.2) is 43.8 Å². The molecule has 8 aromatic heterocycles. The number of anilines is 5. The van der Waals surface area contributed by atoms with Gasteiger partial charge in [0.05, 0.1) is 36.8 Å². The lowest BCUT2D eigenvalue weighted by atomic mass is 9.64. The maximum absolute atomic E-state index is 13.9. The van der Waals surface area contributed by atoms with Gasteiger partial charge in [0.1, 0.15) is 75.1 Å². The molecule has 4 saturated carbocycles. The van der Waals surface area contributed by atoms with Crippen LogP contribution in [0.25, 0.3) is 0 Å². The number of nitrogens with one attached hydrogen (secondary N) is 5. The number of aryl methyl sites for hydroxylation is 6. The molecular weight excluding hydrogens is 1690 g/mol. The van der Waals surface area contributed by atoms with Crippen molar-refractivity contribution in [3.63, 3.8) is 0 Å². The summed E-state index contributed by atoms with van der Waals surface area (Å²) < 4.78 is 197. The molecule has 8 heterocycles. The number of hydrogen-bond donors (Lipinski definition) is 9. The molecule has 4 fully saturated rings.